The maximum Gasteiger partial charge on any atom is 0.472 e. The van der Waals surface area contributed by atoms with E-state index in [1.165, 1.54) is 96.3 Å². The Morgan fingerprint density at radius 1 is 0.471 bits per heavy atom. The molecule has 0 amide bonds. The highest BCUT2D eigenvalue weighted by Crippen LogP contribution is 2.43. The molecule has 0 aromatic rings. The van der Waals surface area contributed by atoms with Crippen LogP contribution in [0.3, 0.4) is 0 Å². The van der Waals surface area contributed by atoms with Gasteiger partial charge in [-0.05, 0) is 96.3 Å². The largest absolute Gasteiger partial charge is 0.472 e. The van der Waals surface area contributed by atoms with Crippen molar-refractivity contribution >= 4 is 19.8 Å². The molecule has 0 aliphatic rings. The molecule has 0 saturated heterocycles. The molecule has 9 nitrogen and oxygen atoms in total. The van der Waals surface area contributed by atoms with E-state index in [4.69, 9.17) is 18.5 Å². The highest BCUT2D eigenvalue weighted by molar-refractivity contribution is 7.47. The van der Waals surface area contributed by atoms with E-state index >= 15 is 0 Å². The first-order valence-electron chi connectivity index (χ1n) is 27.0. The quantitative estimate of drug-likeness (QED) is 0.0211. The van der Waals surface area contributed by atoms with E-state index in [2.05, 4.69) is 111 Å². The summed E-state index contributed by atoms with van der Waals surface area (Å²) in [4.78, 5) is 35.6. The molecular formula is C58H101NO8P+. The van der Waals surface area contributed by atoms with Crippen molar-refractivity contribution in [3.05, 3.63) is 97.2 Å². The summed E-state index contributed by atoms with van der Waals surface area (Å²) in [6.07, 6.45) is 66.1. The lowest BCUT2D eigenvalue weighted by atomic mass is 10.0. The summed E-state index contributed by atoms with van der Waals surface area (Å²) in [5, 5.41) is 0. The molecule has 2 unspecified atom stereocenters. The highest BCUT2D eigenvalue weighted by Gasteiger charge is 2.27. The molecule has 0 fully saturated rings. The van der Waals surface area contributed by atoms with Gasteiger partial charge in [0.1, 0.15) is 19.8 Å². The van der Waals surface area contributed by atoms with Gasteiger partial charge in [0.2, 0.25) is 0 Å². The molecule has 0 spiro atoms. The minimum atomic E-state index is -4.40. The number of hydrogen-bond acceptors (Lipinski definition) is 7. The second-order valence-electron chi connectivity index (χ2n) is 18.9. The van der Waals surface area contributed by atoms with E-state index in [0.29, 0.717) is 17.4 Å². The summed E-state index contributed by atoms with van der Waals surface area (Å²) in [6, 6.07) is 0. The van der Waals surface area contributed by atoms with E-state index in [-0.39, 0.29) is 32.0 Å². The van der Waals surface area contributed by atoms with Crippen molar-refractivity contribution in [2.24, 2.45) is 0 Å². The highest BCUT2D eigenvalue weighted by atomic mass is 31.2. The molecule has 0 aromatic carbocycles. The van der Waals surface area contributed by atoms with Crippen LogP contribution in [0, 0.1) is 0 Å². The number of phosphoric ester groups is 1. The van der Waals surface area contributed by atoms with Gasteiger partial charge in [-0.25, -0.2) is 4.57 Å². The molecule has 0 radical (unpaired) electrons. The summed E-state index contributed by atoms with van der Waals surface area (Å²) < 4.78 is 34.4. The number of phosphoric acid groups is 1. The van der Waals surface area contributed by atoms with Crippen molar-refractivity contribution in [1.29, 1.82) is 0 Å². The van der Waals surface area contributed by atoms with Crippen LogP contribution in [-0.2, 0) is 32.7 Å². The molecule has 0 aliphatic carbocycles. The Bertz CT molecular complexity index is 1470. The maximum absolute atomic E-state index is 12.8. The molecule has 0 aromatic heterocycles. The van der Waals surface area contributed by atoms with Gasteiger partial charge in [-0.2, -0.15) is 0 Å². The number of carbonyl (C=O) groups is 2. The van der Waals surface area contributed by atoms with E-state index in [1.807, 2.05) is 21.1 Å². The Kier molecular flexibility index (Phi) is 46.7. The van der Waals surface area contributed by atoms with E-state index < -0.39 is 26.5 Å². The van der Waals surface area contributed by atoms with Crippen LogP contribution in [0.15, 0.2) is 97.2 Å². The van der Waals surface area contributed by atoms with E-state index in [0.717, 1.165) is 77.0 Å². The average Bonchev–Trinajstić information content (AvgIpc) is 3.30. The molecular weight excluding hydrogens is 870 g/mol. The topological polar surface area (TPSA) is 108 Å². The number of carbonyl (C=O) groups excluding carboxylic acids is 2. The van der Waals surface area contributed by atoms with Gasteiger partial charge in [0.15, 0.2) is 6.10 Å². The Hall–Kier alpha value is -3.07. The number of esters is 2. The molecule has 68 heavy (non-hydrogen) atoms. The fraction of sp³-hybridized carbons (Fsp3) is 0.690. The normalized spacial score (nSPS) is 14.1. The summed E-state index contributed by atoms with van der Waals surface area (Å²) in [5.74, 6) is -0.856. The number of rotatable bonds is 48. The van der Waals surface area contributed by atoms with Gasteiger partial charge in [0.25, 0.3) is 0 Å². The average molecular weight is 971 g/mol. The van der Waals surface area contributed by atoms with Crippen molar-refractivity contribution in [3.8, 4) is 0 Å². The summed E-state index contributed by atoms with van der Waals surface area (Å²) in [7, 11) is 1.43. The van der Waals surface area contributed by atoms with Crippen LogP contribution >= 0.6 is 7.82 Å². The van der Waals surface area contributed by atoms with Crippen molar-refractivity contribution in [3.63, 3.8) is 0 Å². The van der Waals surface area contributed by atoms with Crippen molar-refractivity contribution in [1.82, 2.24) is 0 Å². The Labute approximate surface area is 417 Å². The third-order valence-corrected chi connectivity index (χ3v) is 12.1. The molecule has 0 saturated carbocycles. The lowest BCUT2D eigenvalue weighted by molar-refractivity contribution is -0.870. The van der Waals surface area contributed by atoms with Gasteiger partial charge in [-0.3, -0.25) is 18.6 Å². The minimum Gasteiger partial charge on any atom is -0.462 e. The van der Waals surface area contributed by atoms with Crippen LogP contribution < -0.4 is 0 Å². The Morgan fingerprint density at radius 3 is 1.28 bits per heavy atom. The first kappa shape index (κ1) is 64.9. The SMILES string of the molecule is CC/C=C\C/C=C\C/C=C\C/C=C\C/C=C\C/C=C\CCCCC(=O)OC(COC(=O)CCCCCCCCCCCCC/C=C\C/C=C\CCCCCCC)COP(=O)(O)OCC[N+](C)(C)C. The van der Waals surface area contributed by atoms with Crippen molar-refractivity contribution in [2.75, 3.05) is 47.5 Å². The van der Waals surface area contributed by atoms with Crippen LogP contribution in [-0.4, -0.2) is 74.9 Å². The number of unbranched alkanes of at least 4 members (excludes halogenated alkanes) is 18. The predicted molar refractivity (Wildman–Crippen MR) is 288 cm³/mol. The number of quaternary nitrogens is 1. The first-order valence-corrected chi connectivity index (χ1v) is 28.5. The monoisotopic (exact) mass is 971 g/mol. The number of ether oxygens (including phenoxy) is 2. The zero-order valence-electron chi connectivity index (χ0n) is 44.1. The number of likely N-dealkylation sites (N-methyl/N-ethyl adjacent to an activating group) is 1. The lowest BCUT2D eigenvalue weighted by Gasteiger charge is -2.24. The van der Waals surface area contributed by atoms with Crippen molar-refractivity contribution in [2.45, 2.75) is 213 Å². The van der Waals surface area contributed by atoms with Gasteiger partial charge in [-0.15, -0.1) is 0 Å². The van der Waals surface area contributed by atoms with Gasteiger partial charge >= 0.3 is 19.8 Å². The zero-order valence-corrected chi connectivity index (χ0v) is 45.0. The third kappa shape index (κ3) is 52.3. The third-order valence-electron chi connectivity index (χ3n) is 11.1. The van der Waals surface area contributed by atoms with Gasteiger partial charge in [0.05, 0.1) is 27.7 Å². The summed E-state index contributed by atoms with van der Waals surface area (Å²) in [5.41, 5.74) is 0. The molecule has 2 atom stereocenters. The fourth-order valence-corrected chi connectivity index (χ4v) is 7.67. The smallest absolute Gasteiger partial charge is 0.462 e. The molecule has 10 heteroatoms. The number of allylic oxidation sites excluding steroid dienone is 16. The van der Waals surface area contributed by atoms with E-state index in [9.17, 15) is 19.0 Å². The van der Waals surface area contributed by atoms with Gasteiger partial charge in [-0.1, -0.05) is 195 Å². The fourth-order valence-electron chi connectivity index (χ4n) is 6.93. The molecule has 0 aliphatic heterocycles. The standard InChI is InChI=1S/C58H100NO8P/c1-6-8-10-12-14-16-18-20-22-24-26-28-29-31-32-34-36-38-40-42-44-46-48-50-57(60)64-54-56(55-66-68(62,63)65-53-52-59(3,4)5)67-58(61)51-49-47-45-43-41-39-37-35-33-30-27-25-23-21-19-17-15-13-11-9-7-2/h9,11,15,17-18,20-21,23-24,26-27,30,35,37,41,43,56H,6-8,10,12-14,16,19,22,25,28-29,31-34,36,38-40,42,44-55H2,1-5H3/p+1/b11-9-,17-15-,20-18-,23-21-,26-24-,30-27-,37-35-,43-41-. The minimum absolute atomic E-state index is 0.0176. The van der Waals surface area contributed by atoms with Crippen LogP contribution in [0.5, 0.6) is 0 Å². The summed E-state index contributed by atoms with van der Waals surface area (Å²) >= 11 is 0. The van der Waals surface area contributed by atoms with Crippen LogP contribution in [0.1, 0.15) is 206 Å². The van der Waals surface area contributed by atoms with Crippen LogP contribution in [0.4, 0.5) is 0 Å². The molecule has 0 bridgehead atoms. The number of hydrogen-bond donors (Lipinski definition) is 1. The molecule has 390 valence electrons. The molecule has 1 N–H and O–H groups in total. The molecule has 0 rings (SSSR count). The summed E-state index contributed by atoms with van der Waals surface area (Å²) in [6.45, 7) is 4.25. The second-order valence-corrected chi connectivity index (χ2v) is 20.3. The molecule has 0 heterocycles. The zero-order chi connectivity index (χ0) is 49.9. The Balaban J connectivity index is 4.32. The first-order chi connectivity index (χ1) is 33.0. The van der Waals surface area contributed by atoms with Gasteiger partial charge in [0, 0.05) is 12.8 Å². The van der Waals surface area contributed by atoms with Crippen molar-refractivity contribution < 1.29 is 42.1 Å². The lowest BCUT2D eigenvalue weighted by Crippen LogP contribution is -2.37. The predicted octanol–water partition coefficient (Wildman–Crippen LogP) is 16.5. The van der Waals surface area contributed by atoms with E-state index in [1.54, 1.807) is 0 Å². The van der Waals surface area contributed by atoms with Crippen LogP contribution in [0.25, 0.3) is 0 Å². The number of nitrogens with zero attached hydrogens (tertiary/aromatic N) is 1. The second kappa shape index (κ2) is 48.9. The van der Waals surface area contributed by atoms with Gasteiger partial charge < -0.3 is 18.9 Å². The maximum atomic E-state index is 12.8. The van der Waals surface area contributed by atoms with Crippen LogP contribution in [0.2, 0.25) is 0 Å². The Morgan fingerprint density at radius 2 is 0.838 bits per heavy atom.